The number of hydrogen-bond donors (Lipinski definition) is 2. The van der Waals surface area contributed by atoms with Gasteiger partial charge in [0, 0.05) is 12.1 Å². The zero-order valence-corrected chi connectivity index (χ0v) is 13.2. The average molecular weight is 309 g/mol. The van der Waals surface area contributed by atoms with E-state index in [0.717, 1.165) is 40.3 Å². The van der Waals surface area contributed by atoms with Gasteiger partial charge in [-0.15, -0.1) is 0 Å². The number of aromatic nitrogens is 2. The van der Waals surface area contributed by atoms with Crippen molar-refractivity contribution in [1.82, 2.24) is 9.97 Å². The SMILES string of the molecule is CCc1nc2ccc(NC(=O)Cc3ccc(OC)cc3)cc2[nH]1. The van der Waals surface area contributed by atoms with E-state index in [9.17, 15) is 4.79 Å². The van der Waals surface area contributed by atoms with Gasteiger partial charge in [0.25, 0.3) is 0 Å². The third kappa shape index (κ3) is 3.51. The Morgan fingerprint density at radius 1 is 1.22 bits per heavy atom. The fourth-order valence-corrected chi connectivity index (χ4v) is 2.44. The normalized spacial score (nSPS) is 10.7. The number of anilines is 1. The van der Waals surface area contributed by atoms with Crippen LogP contribution in [0.15, 0.2) is 42.5 Å². The Kier molecular flexibility index (Phi) is 4.28. The fourth-order valence-electron chi connectivity index (χ4n) is 2.44. The van der Waals surface area contributed by atoms with Crippen LogP contribution in [0.4, 0.5) is 5.69 Å². The Hall–Kier alpha value is -2.82. The second-order valence-electron chi connectivity index (χ2n) is 5.34. The van der Waals surface area contributed by atoms with Crippen molar-refractivity contribution in [2.24, 2.45) is 0 Å². The molecule has 1 aromatic heterocycles. The Morgan fingerprint density at radius 2 is 2.00 bits per heavy atom. The number of methoxy groups -OCH3 is 1. The number of fused-ring (bicyclic) bond motifs is 1. The largest absolute Gasteiger partial charge is 0.497 e. The maximum absolute atomic E-state index is 12.2. The van der Waals surface area contributed by atoms with E-state index in [4.69, 9.17) is 4.74 Å². The summed E-state index contributed by atoms with van der Waals surface area (Å²) in [4.78, 5) is 19.9. The van der Waals surface area contributed by atoms with Crippen LogP contribution in [0, 0.1) is 0 Å². The second kappa shape index (κ2) is 6.52. The molecule has 0 bridgehead atoms. The summed E-state index contributed by atoms with van der Waals surface area (Å²) in [5.74, 6) is 1.68. The molecule has 0 aliphatic rings. The molecule has 0 aliphatic carbocycles. The van der Waals surface area contributed by atoms with Gasteiger partial charge < -0.3 is 15.0 Å². The number of nitrogens with one attached hydrogen (secondary N) is 2. The first-order valence-electron chi connectivity index (χ1n) is 7.59. The summed E-state index contributed by atoms with van der Waals surface area (Å²) in [5.41, 5.74) is 3.56. The summed E-state index contributed by atoms with van der Waals surface area (Å²) in [6.45, 7) is 2.05. The predicted octanol–water partition coefficient (Wildman–Crippen LogP) is 3.32. The lowest BCUT2D eigenvalue weighted by Crippen LogP contribution is -2.14. The van der Waals surface area contributed by atoms with E-state index in [-0.39, 0.29) is 5.91 Å². The summed E-state index contributed by atoms with van der Waals surface area (Å²) in [5, 5.41) is 2.92. The van der Waals surface area contributed by atoms with Crippen molar-refractivity contribution in [2.75, 3.05) is 12.4 Å². The summed E-state index contributed by atoms with van der Waals surface area (Å²) < 4.78 is 5.11. The molecule has 0 atom stereocenters. The highest BCUT2D eigenvalue weighted by Crippen LogP contribution is 2.18. The minimum atomic E-state index is -0.0512. The zero-order valence-electron chi connectivity index (χ0n) is 13.2. The topological polar surface area (TPSA) is 67.0 Å². The van der Waals surface area contributed by atoms with E-state index >= 15 is 0 Å². The highest BCUT2D eigenvalue weighted by atomic mass is 16.5. The number of ether oxygens (including phenoxy) is 1. The molecule has 23 heavy (non-hydrogen) atoms. The van der Waals surface area contributed by atoms with Crippen LogP contribution in [0.25, 0.3) is 11.0 Å². The number of carbonyl (C=O) groups is 1. The molecule has 0 radical (unpaired) electrons. The Morgan fingerprint density at radius 3 is 2.70 bits per heavy atom. The molecular weight excluding hydrogens is 290 g/mol. The fraction of sp³-hybridized carbons (Fsp3) is 0.222. The third-order valence-electron chi connectivity index (χ3n) is 3.67. The van der Waals surface area contributed by atoms with Gasteiger partial charge in [-0.25, -0.2) is 4.98 Å². The first-order valence-corrected chi connectivity index (χ1v) is 7.59. The number of carbonyl (C=O) groups excluding carboxylic acids is 1. The maximum Gasteiger partial charge on any atom is 0.228 e. The number of H-pyrrole nitrogens is 1. The molecule has 0 saturated heterocycles. The van der Waals surface area contributed by atoms with Crippen molar-refractivity contribution in [3.8, 4) is 5.75 Å². The molecule has 0 fully saturated rings. The van der Waals surface area contributed by atoms with E-state index in [2.05, 4.69) is 22.2 Å². The average Bonchev–Trinajstić information content (AvgIpc) is 2.98. The molecular formula is C18H19N3O2. The molecule has 0 spiro atoms. The van der Waals surface area contributed by atoms with Gasteiger partial charge in [-0.1, -0.05) is 19.1 Å². The number of amides is 1. The minimum absolute atomic E-state index is 0.0512. The van der Waals surface area contributed by atoms with E-state index in [1.165, 1.54) is 0 Å². The van der Waals surface area contributed by atoms with Crippen molar-refractivity contribution >= 4 is 22.6 Å². The number of benzene rings is 2. The van der Waals surface area contributed by atoms with Gasteiger partial charge >= 0.3 is 0 Å². The van der Waals surface area contributed by atoms with Crippen LogP contribution in [0.5, 0.6) is 5.75 Å². The van der Waals surface area contributed by atoms with Gasteiger partial charge in [0.2, 0.25) is 5.91 Å². The number of aromatic amines is 1. The molecule has 5 heteroatoms. The van der Waals surface area contributed by atoms with Crippen LogP contribution in [0.1, 0.15) is 18.3 Å². The summed E-state index contributed by atoms with van der Waals surface area (Å²) >= 11 is 0. The first-order chi connectivity index (χ1) is 11.2. The Balaban J connectivity index is 1.69. The molecule has 1 amide bonds. The van der Waals surface area contributed by atoms with Gasteiger partial charge in [-0.3, -0.25) is 4.79 Å². The van der Waals surface area contributed by atoms with E-state index < -0.39 is 0 Å². The highest BCUT2D eigenvalue weighted by molar-refractivity contribution is 5.94. The van der Waals surface area contributed by atoms with Crippen molar-refractivity contribution < 1.29 is 9.53 Å². The lowest BCUT2D eigenvalue weighted by molar-refractivity contribution is -0.115. The quantitative estimate of drug-likeness (QED) is 0.760. The van der Waals surface area contributed by atoms with E-state index in [1.807, 2.05) is 42.5 Å². The highest BCUT2D eigenvalue weighted by Gasteiger charge is 2.07. The van der Waals surface area contributed by atoms with Gasteiger partial charge in [-0.2, -0.15) is 0 Å². The molecule has 2 N–H and O–H groups in total. The molecule has 3 aromatic rings. The van der Waals surface area contributed by atoms with Gasteiger partial charge in [0.05, 0.1) is 24.6 Å². The number of rotatable bonds is 5. The Bertz CT molecular complexity index is 822. The smallest absolute Gasteiger partial charge is 0.228 e. The van der Waals surface area contributed by atoms with Gasteiger partial charge in [0.15, 0.2) is 0 Å². The second-order valence-corrected chi connectivity index (χ2v) is 5.34. The van der Waals surface area contributed by atoms with Crippen LogP contribution in [0.2, 0.25) is 0 Å². The maximum atomic E-state index is 12.2. The molecule has 3 rings (SSSR count). The van der Waals surface area contributed by atoms with Crippen molar-refractivity contribution in [1.29, 1.82) is 0 Å². The standard InChI is InChI=1S/C18H19N3O2/c1-3-17-20-15-9-6-13(11-16(15)21-17)19-18(22)10-12-4-7-14(23-2)8-5-12/h4-9,11H,3,10H2,1-2H3,(H,19,22)(H,20,21). The summed E-state index contributed by atoms with van der Waals surface area (Å²) in [6.07, 6.45) is 1.18. The minimum Gasteiger partial charge on any atom is -0.497 e. The molecule has 0 aliphatic heterocycles. The lowest BCUT2D eigenvalue weighted by Gasteiger charge is -2.06. The van der Waals surface area contributed by atoms with Crippen LogP contribution in [-0.4, -0.2) is 23.0 Å². The van der Waals surface area contributed by atoms with E-state index in [1.54, 1.807) is 7.11 Å². The first kappa shape index (κ1) is 15.1. The van der Waals surface area contributed by atoms with Gasteiger partial charge in [0.1, 0.15) is 11.6 Å². The zero-order chi connectivity index (χ0) is 16.2. The van der Waals surface area contributed by atoms with Crippen LogP contribution >= 0.6 is 0 Å². The molecule has 1 heterocycles. The molecule has 5 nitrogen and oxygen atoms in total. The van der Waals surface area contributed by atoms with Crippen molar-refractivity contribution in [2.45, 2.75) is 19.8 Å². The number of aryl methyl sites for hydroxylation is 1. The van der Waals surface area contributed by atoms with E-state index in [0.29, 0.717) is 6.42 Å². The number of hydrogen-bond acceptors (Lipinski definition) is 3. The number of nitrogens with zero attached hydrogens (tertiary/aromatic N) is 1. The Labute approximate surface area is 134 Å². The molecule has 0 saturated carbocycles. The van der Waals surface area contributed by atoms with Gasteiger partial charge in [-0.05, 0) is 35.9 Å². The monoisotopic (exact) mass is 309 g/mol. The van der Waals surface area contributed by atoms with Crippen molar-refractivity contribution in [3.63, 3.8) is 0 Å². The summed E-state index contributed by atoms with van der Waals surface area (Å²) in [7, 11) is 1.62. The summed E-state index contributed by atoms with van der Waals surface area (Å²) in [6, 6.07) is 13.2. The predicted molar refractivity (Wildman–Crippen MR) is 90.8 cm³/mol. The van der Waals surface area contributed by atoms with Crippen molar-refractivity contribution in [3.05, 3.63) is 53.9 Å². The van der Waals surface area contributed by atoms with Crippen LogP contribution in [-0.2, 0) is 17.6 Å². The van der Waals surface area contributed by atoms with Crippen LogP contribution < -0.4 is 10.1 Å². The van der Waals surface area contributed by atoms with Crippen LogP contribution in [0.3, 0.4) is 0 Å². The lowest BCUT2D eigenvalue weighted by atomic mass is 10.1. The molecule has 118 valence electrons. The molecule has 0 unspecified atom stereocenters. The number of imidazole rings is 1. The third-order valence-corrected chi connectivity index (χ3v) is 3.67. The molecule has 2 aromatic carbocycles.